The SMILES string of the molecule is C#CC#CC#CC#CC#CC#CC#CC#CSC(=O)CCC.CCCCCCCCCCCCCCCC(=O)O[C@H](COCO)COP(=O)(O)OC1C(O)[C@H](O)[C@H](OP(=O)(O)O)C(OP(=O)(O)O)[C@@H]1O.[HH].[HH].[HH].[HH].[HH].[HH].[HH].[HH].[HH].[HH].[HH].[HH].[HH].[HH].[HH]. The average Bonchev–Trinajstić information content (AvgIpc) is 3.29. The molecule has 1 rings (SSSR count). The molecule has 20 nitrogen and oxygen atoms in total. The fraction of sp³-hybridized carbons (Fsp3) is 0.609. The summed E-state index contributed by atoms with van der Waals surface area (Å²) in [6, 6.07) is 0. The second kappa shape index (κ2) is 39.7. The van der Waals surface area contributed by atoms with Gasteiger partial charge in [-0.05, 0) is 101 Å². The summed E-state index contributed by atoms with van der Waals surface area (Å²) in [7, 11) is -16.4. The van der Waals surface area contributed by atoms with Crippen LogP contribution in [0.15, 0.2) is 0 Å². The number of hydrogen-bond acceptors (Lipinski definition) is 16. The number of unbranched alkanes of at least 4 members (excludes halogenated alkanes) is 12. The van der Waals surface area contributed by atoms with Gasteiger partial charge in [0.05, 0.1) is 13.2 Å². The van der Waals surface area contributed by atoms with Crippen molar-refractivity contribution < 1.29 is 117 Å². The lowest BCUT2D eigenvalue weighted by molar-refractivity contribution is -0.213. The predicted molar refractivity (Wildman–Crippen MR) is 288 cm³/mol. The molecular weight excluding hydrogens is 997 g/mol. The number of thioether (sulfide) groups is 1. The summed E-state index contributed by atoms with van der Waals surface area (Å²) in [4.78, 5) is 70.2. The average molecular weight is 1090 g/mol. The Kier molecular flexibility index (Phi) is 37.5. The van der Waals surface area contributed by atoms with Gasteiger partial charge in [-0.25, -0.2) is 13.7 Å². The van der Waals surface area contributed by atoms with Gasteiger partial charge in [-0.2, -0.15) is 0 Å². The number of hydrogen-bond donors (Lipinski definition) is 9. The molecule has 9 N–H and O–H groups in total. The molecule has 0 bridgehead atoms. The van der Waals surface area contributed by atoms with Crippen LogP contribution in [0.2, 0.25) is 0 Å². The molecular formula is C46H91O20P3S. The summed E-state index contributed by atoms with van der Waals surface area (Å²) in [5, 5.41) is 42.8. The zero-order valence-corrected chi connectivity index (χ0v) is 42.3. The van der Waals surface area contributed by atoms with Crippen LogP contribution in [0.5, 0.6) is 0 Å². The van der Waals surface area contributed by atoms with Crippen molar-refractivity contribution >= 4 is 46.3 Å². The molecule has 1 fully saturated rings. The molecule has 0 aromatic heterocycles. The summed E-state index contributed by atoms with van der Waals surface area (Å²) in [6.45, 7) is 1.99. The highest BCUT2D eigenvalue weighted by molar-refractivity contribution is 8.17. The highest BCUT2D eigenvalue weighted by atomic mass is 32.2. The minimum Gasteiger partial charge on any atom is -0.457 e. The first-order valence-electron chi connectivity index (χ1n) is 21.9. The fourth-order valence-electron chi connectivity index (χ4n) is 5.79. The van der Waals surface area contributed by atoms with Crippen molar-refractivity contribution in [3.63, 3.8) is 0 Å². The number of terminal acetylenes is 1. The molecule has 0 aromatic rings. The monoisotopic (exact) mass is 1090 g/mol. The van der Waals surface area contributed by atoms with Crippen LogP contribution < -0.4 is 0 Å². The molecule has 1 saturated carbocycles. The van der Waals surface area contributed by atoms with E-state index in [0.29, 0.717) is 12.8 Å². The lowest BCUT2D eigenvalue weighted by Crippen LogP contribution is -2.65. The van der Waals surface area contributed by atoms with Crippen molar-refractivity contribution in [1.29, 1.82) is 0 Å². The zero-order chi connectivity index (χ0) is 52.7. The molecule has 1 aliphatic rings. The standard InChI is InChI=1S/C26H53O19P3.C20H8OS.15H2/c1-2-3-4-5-6-7-8-9-10-11-12-13-14-15-20(28)42-19(16-40-18-27)17-41-48(38,39)45-24-21(29)22(30)25(43-46(32,33)34)26(23(24)31)44-47(35,36)37;1-3-5-6-7-8-9-10-11-12-13-14-15-16-17-19-22-20(21)18-4-2;;;;;;;;;;;;;;;/h19,21-27,29-31H,2-18H2,1H3,(H,38,39)(H2,32,33,34)(H2,35,36,37);1H,4,18H2,2H3;15*1H/t19-,21?,22+,23-,24?,25+,26?;;;;;;;;;;;;;;;;/m1................/s1. The van der Waals surface area contributed by atoms with Crippen LogP contribution in [0.4, 0.5) is 0 Å². The molecule has 0 saturated heterocycles. The van der Waals surface area contributed by atoms with Crippen molar-refractivity contribution in [3.05, 3.63) is 0 Å². The summed E-state index contributed by atoms with van der Waals surface area (Å²) in [5.74, 6) is 33.5. The van der Waals surface area contributed by atoms with Gasteiger partial charge in [-0.15, -0.1) is 6.42 Å². The Bertz CT molecular complexity index is 2300. The zero-order valence-electron chi connectivity index (χ0n) is 38.8. The number of esters is 1. The molecule has 0 aromatic carbocycles. The van der Waals surface area contributed by atoms with E-state index >= 15 is 0 Å². The first kappa shape index (κ1) is 66.1. The number of ether oxygens (including phenoxy) is 2. The van der Waals surface area contributed by atoms with E-state index in [1.807, 2.05) is 6.92 Å². The molecule has 8 atom stereocenters. The third-order valence-corrected chi connectivity index (χ3v) is 11.5. The van der Waals surface area contributed by atoms with Gasteiger partial charge < -0.3 is 54.4 Å². The predicted octanol–water partition coefficient (Wildman–Crippen LogP) is 7.25. The van der Waals surface area contributed by atoms with E-state index < -0.39 is 92.2 Å². The van der Waals surface area contributed by atoms with Gasteiger partial charge in [0.2, 0.25) is 5.12 Å². The molecule has 0 amide bonds. The van der Waals surface area contributed by atoms with E-state index in [1.54, 1.807) is 0 Å². The highest BCUT2D eigenvalue weighted by Gasteiger charge is 2.56. The van der Waals surface area contributed by atoms with Gasteiger partial charge in [0.1, 0.15) is 49.5 Å². The lowest BCUT2D eigenvalue weighted by Gasteiger charge is -2.44. The molecule has 70 heavy (non-hydrogen) atoms. The summed E-state index contributed by atoms with van der Waals surface area (Å²) >= 11 is 0.955. The Morgan fingerprint density at radius 3 is 1.44 bits per heavy atom. The van der Waals surface area contributed by atoms with Crippen LogP contribution in [-0.2, 0) is 50.9 Å². The van der Waals surface area contributed by atoms with E-state index in [-0.39, 0.29) is 32.9 Å². The van der Waals surface area contributed by atoms with Crippen LogP contribution in [0, 0.1) is 94.6 Å². The van der Waals surface area contributed by atoms with Crippen LogP contribution in [0.3, 0.4) is 0 Å². The fourth-order valence-corrected chi connectivity index (χ4v) is 8.41. The second-order valence-electron chi connectivity index (χ2n) is 14.6. The van der Waals surface area contributed by atoms with E-state index in [4.69, 9.17) is 49.6 Å². The van der Waals surface area contributed by atoms with Gasteiger partial charge in [0.15, 0.2) is 0 Å². The third-order valence-electron chi connectivity index (χ3n) is 8.89. The molecule has 24 heteroatoms. The number of rotatable bonds is 29. The van der Waals surface area contributed by atoms with Gasteiger partial charge in [-0.1, -0.05) is 90.9 Å². The normalized spacial score (nSPS) is 19.2. The van der Waals surface area contributed by atoms with Crippen LogP contribution in [-0.4, -0.2) is 119 Å². The first-order valence-corrected chi connectivity index (χ1v) is 27.3. The molecule has 4 unspecified atom stereocenters. The first-order chi connectivity index (χ1) is 33.2. The van der Waals surface area contributed by atoms with Crippen LogP contribution in [0.25, 0.3) is 0 Å². The minimum absolute atomic E-state index is 0. The van der Waals surface area contributed by atoms with Crippen molar-refractivity contribution in [1.82, 2.24) is 0 Å². The molecule has 1 aliphatic carbocycles. The number of phosphoric acid groups is 3. The van der Waals surface area contributed by atoms with E-state index in [9.17, 15) is 43.5 Å². The number of aliphatic hydroxyl groups is 4. The minimum atomic E-state index is -5.56. The third kappa shape index (κ3) is 36.1. The smallest absolute Gasteiger partial charge is 0.457 e. The molecule has 0 radical (unpaired) electrons. The van der Waals surface area contributed by atoms with Crippen molar-refractivity contribution in [2.24, 2.45) is 0 Å². The highest BCUT2D eigenvalue weighted by Crippen LogP contribution is 2.51. The summed E-state index contributed by atoms with van der Waals surface area (Å²) in [5.41, 5.74) is 0. The van der Waals surface area contributed by atoms with Gasteiger partial charge in [-0.3, -0.25) is 27.7 Å². The number of aliphatic hydroxyl groups excluding tert-OH is 4. The molecule has 0 heterocycles. The van der Waals surface area contributed by atoms with Crippen LogP contribution >= 0.6 is 35.2 Å². The largest absolute Gasteiger partial charge is 0.472 e. The van der Waals surface area contributed by atoms with Gasteiger partial charge in [0.25, 0.3) is 0 Å². The Morgan fingerprint density at radius 2 is 1.00 bits per heavy atom. The van der Waals surface area contributed by atoms with Crippen molar-refractivity contribution in [2.45, 2.75) is 159 Å². The van der Waals surface area contributed by atoms with Crippen molar-refractivity contribution in [2.75, 3.05) is 20.0 Å². The molecule has 0 spiro atoms. The molecule has 416 valence electrons. The van der Waals surface area contributed by atoms with E-state index in [2.05, 4.69) is 104 Å². The second-order valence-corrected chi connectivity index (χ2v) is 19.3. The number of carbonyl (C=O) groups is 2. The maximum absolute atomic E-state index is 12.7. The van der Waals surface area contributed by atoms with Crippen molar-refractivity contribution in [3.8, 4) is 94.6 Å². The number of carbonyl (C=O) groups excluding carboxylic acids is 2. The maximum atomic E-state index is 12.7. The Morgan fingerprint density at radius 1 is 0.571 bits per heavy atom. The van der Waals surface area contributed by atoms with Gasteiger partial charge >= 0.3 is 29.4 Å². The summed E-state index contributed by atoms with van der Waals surface area (Å²) in [6.07, 6.45) is 4.55. The topological polar surface area (TPSA) is 323 Å². The number of phosphoric ester groups is 3. The van der Waals surface area contributed by atoms with Gasteiger partial charge in [0, 0.05) is 46.0 Å². The summed E-state index contributed by atoms with van der Waals surface area (Å²) < 4.78 is 63.4. The molecule has 0 aliphatic heterocycles. The Labute approximate surface area is 436 Å². The Hall–Kier alpha value is -3.90. The Balaban J connectivity index is -0.0000000804. The maximum Gasteiger partial charge on any atom is 0.472 e. The van der Waals surface area contributed by atoms with E-state index in [0.717, 1.165) is 43.9 Å². The lowest BCUT2D eigenvalue weighted by atomic mass is 9.85. The van der Waals surface area contributed by atoms with E-state index in [1.165, 1.54) is 51.4 Å². The van der Waals surface area contributed by atoms with Crippen LogP contribution in [0.1, 0.15) is 138 Å². The quantitative estimate of drug-likeness (QED) is 0.0117.